The second-order valence-electron chi connectivity index (χ2n) is 2.46. The minimum atomic E-state index is 0. The van der Waals surface area contributed by atoms with E-state index in [1.807, 2.05) is 6.08 Å². The van der Waals surface area contributed by atoms with Crippen molar-refractivity contribution in [3.05, 3.63) is 36.0 Å². The van der Waals surface area contributed by atoms with Crippen LogP contribution in [0.15, 0.2) is 36.0 Å². The highest BCUT2D eigenvalue weighted by Crippen LogP contribution is 2.17. The van der Waals surface area contributed by atoms with E-state index in [0.29, 0.717) is 0 Å². The van der Waals surface area contributed by atoms with Crippen molar-refractivity contribution in [2.45, 2.75) is 19.8 Å². The van der Waals surface area contributed by atoms with Crippen LogP contribution in [0.25, 0.3) is 0 Å². The Morgan fingerprint density at radius 2 is 2.33 bits per heavy atom. The van der Waals surface area contributed by atoms with Gasteiger partial charge in [0.2, 0.25) is 0 Å². The van der Waals surface area contributed by atoms with E-state index in [4.69, 9.17) is 0 Å². The average Bonchev–Trinajstić information content (AvgIpc) is 1.90. The van der Waals surface area contributed by atoms with Gasteiger partial charge in [-0.2, -0.15) is 0 Å². The number of allylic oxidation sites excluding steroid dienone is 5. The molecule has 0 aromatic rings. The van der Waals surface area contributed by atoms with E-state index in [1.54, 1.807) is 0 Å². The zero-order valence-electron chi connectivity index (χ0n) is 5.85. The van der Waals surface area contributed by atoms with Crippen LogP contribution in [0.2, 0.25) is 0 Å². The third-order valence-electron chi connectivity index (χ3n) is 1.65. The second kappa shape index (κ2) is 2.67. The van der Waals surface area contributed by atoms with Gasteiger partial charge in [0.1, 0.15) is 0 Å². The summed E-state index contributed by atoms with van der Waals surface area (Å²) in [6, 6.07) is 0. The number of rotatable bonds is 1. The Labute approximate surface area is 58.1 Å². The molecule has 0 saturated carbocycles. The molecule has 1 rings (SSSR count). The van der Waals surface area contributed by atoms with Crippen molar-refractivity contribution < 1.29 is 1.43 Å². The number of hydrogen-bond donors (Lipinski definition) is 0. The molecule has 0 spiro atoms. The molecule has 0 aromatic carbocycles. The van der Waals surface area contributed by atoms with E-state index in [-0.39, 0.29) is 1.43 Å². The van der Waals surface area contributed by atoms with E-state index < -0.39 is 0 Å². The fourth-order valence-corrected chi connectivity index (χ4v) is 0.928. The lowest BCUT2D eigenvalue weighted by Crippen LogP contribution is -1.86. The summed E-state index contributed by atoms with van der Waals surface area (Å²) in [5.41, 5.74) is 2.83. The lowest BCUT2D eigenvalue weighted by atomic mass is 10.00. The van der Waals surface area contributed by atoms with E-state index in [0.717, 1.165) is 0 Å². The van der Waals surface area contributed by atoms with Gasteiger partial charge in [-0.15, -0.1) is 0 Å². The van der Waals surface area contributed by atoms with Gasteiger partial charge < -0.3 is 0 Å². The van der Waals surface area contributed by atoms with Crippen LogP contribution in [-0.2, 0) is 0 Å². The molecule has 0 N–H and O–H groups in total. The summed E-state index contributed by atoms with van der Waals surface area (Å²) in [6.45, 7) is 5.87. The summed E-state index contributed by atoms with van der Waals surface area (Å²) in [6.07, 6.45) is 8.62. The first-order chi connectivity index (χ1) is 4.33. The summed E-state index contributed by atoms with van der Waals surface area (Å²) in [5.74, 6) is 0. The van der Waals surface area contributed by atoms with Crippen LogP contribution in [0.3, 0.4) is 0 Å². The Bertz CT molecular complexity index is 175. The molecule has 0 nitrogen and oxygen atoms in total. The molecule has 0 aromatic heterocycles. The topological polar surface area (TPSA) is 0 Å². The standard InChI is InChI=1S/C9H12.H2/c1-3-9-6-4-8(2)5-7-9;/h3-4,6H,1,5,7H2,2H3;1H. The molecule has 0 atom stereocenters. The van der Waals surface area contributed by atoms with Crippen LogP contribution >= 0.6 is 0 Å². The zero-order chi connectivity index (χ0) is 6.69. The minimum absolute atomic E-state index is 0. The highest BCUT2D eigenvalue weighted by Gasteiger charge is 1.97. The van der Waals surface area contributed by atoms with Crippen molar-refractivity contribution in [3.63, 3.8) is 0 Å². The Morgan fingerprint density at radius 1 is 1.56 bits per heavy atom. The summed E-state index contributed by atoms with van der Waals surface area (Å²) in [5, 5.41) is 0. The monoisotopic (exact) mass is 122 g/mol. The summed E-state index contributed by atoms with van der Waals surface area (Å²) < 4.78 is 0. The lowest BCUT2D eigenvalue weighted by Gasteiger charge is -2.06. The molecule has 0 unspecified atom stereocenters. The Morgan fingerprint density at radius 3 is 2.78 bits per heavy atom. The van der Waals surface area contributed by atoms with Crippen LogP contribution < -0.4 is 0 Å². The fraction of sp³-hybridized carbons (Fsp3) is 0.333. The Kier molecular flexibility index (Phi) is 1.88. The molecule has 0 fully saturated rings. The maximum atomic E-state index is 3.71. The normalized spacial score (nSPS) is 18.3. The first kappa shape index (κ1) is 6.34. The molecule has 0 radical (unpaired) electrons. The first-order valence-electron chi connectivity index (χ1n) is 3.31. The molecule has 0 amide bonds. The quantitative estimate of drug-likeness (QED) is 0.501. The summed E-state index contributed by atoms with van der Waals surface area (Å²) >= 11 is 0. The minimum Gasteiger partial charge on any atom is -0.0988 e. The van der Waals surface area contributed by atoms with E-state index in [1.165, 1.54) is 24.0 Å². The van der Waals surface area contributed by atoms with Crippen molar-refractivity contribution in [3.8, 4) is 0 Å². The maximum absolute atomic E-state index is 3.71. The summed E-state index contributed by atoms with van der Waals surface area (Å²) in [7, 11) is 0. The SMILES string of the molecule is C=CC1=CC=C(C)CC1.[HH]. The van der Waals surface area contributed by atoms with Gasteiger partial charge in [0.25, 0.3) is 0 Å². The van der Waals surface area contributed by atoms with E-state index in [9.17, 15) is 0 Å². The molecule has 9 heavy (non-hydrogen) atoms. The predicted octanol–water partition coefficient (Wildman–Crippen LogP) is 3.08. The molecule has 0 bridgehead atoms. The first-order valence-corrected chi connectivity index (χ1v) is 3.31. The Balaban J connectivity index is 0.000000810. The van der Waals surface area contributed by atoms with Gasteiger partial charge in [-0.05, 0) is 25.3 Å². The van der Waals surface area contributed by atoms with Crippen LogP contribution in [0.1, 0.15) is 21.2 Å². The van der Waals surface area contributed by atoms with Crippen LogP contribution in [-0.4, -0.2) is 0 Å². The number of hydrogen-bond acceptors (Lipinski definition) is 0. The highest BCUT2D eigenvalue weighted by atomic mass is 14.0. The lowest BCUT2D eigenvalue weighted by molar-refractivity contribution is 0.928. The Hall–Kier alpha value is -0.780. The van der Waals surface area contributed by atoms with Crippen molar-refractivity contribution in [2.75, 3.05) is 0 Å². The van der Waals surface area contributed by atoms with Crippen molar-refractivity contribution in [1.29, 1.82) is 0 Å². The molecule has 0 saturated heterocycles. The largest absolute Gasteiger partial charge is 0.0988 e. The van der Waals surface area contributed by atoms with Crippen LogP contribution in [0.5, 0.6) is 0 Å². The van der Waals surface area contributed by atoms with Crippen LogP contribution in [0.4, 0.5) is 0 Å². The van der Waals surface area contributed by atoms with Gasteiger partial charge in [0.15, 0.2) is 0 Å². The van der Waals surface area contributed by atoms with Gasteiger partial charge in [-0.3, -0.25) is 0 Å². The van der Waals surface area contributed by atoms with Gasteiger partial charge in [0, 0.05) is 1.43 Å². The molecule has 0 heteroatoms. The van der Waals surface area contributed by atoms with E-state index >= 15 is 0 Å². The summed E-state index contributed by atoms with van der Waals surface area (Å²) in [4.78, 5) is 0. The van der Waals surface area contributed by atoms with Gasteiger partial charge in [0.05, 0.1) is 0 Å². The molecule has 1 aliphatic carbocycles. The van der Waals surface area contributed by atoms with Crippen molar-refractivity contribution in [1.82, 2.24) is 0 Å². The van der Waals surface area contributed by atoms with Gasteiger partial charge >= 0.3 is 0 Å². The smallest absolute Gasteiger partial charge is 0 e. The maximum Gasteiger partial charge on any atom is 0 e. The molecule has 0 heterocycles. The predicted molar refractivity (Wildman–Crippen MR) is 43.4 cm³/mol. The third kappa shape index (κ3) is 1.56. The van der Waals surface area contributed by atoms with Gasteiger partial charge in [-0.25, -0.2) is 0 Å². The highest BCUT2D eigenvalue weighted by molar-refractivity contribution is 5.28. The molecule has 50 valence electrons. The van der Waals surface area contributed by atoms with E-state index in [2.05, 4.69) is 25.7 Å². The third-order valence-corrected chi connectivity index (χ3v) is 1.65. The van der Waals surface area contributed by atoms with Crippen LogP contribution in [0, 0.1) is 0 Å². The van der Waals surface area contributed by atoms with Gasteiger partial charge in [-0.1, -0.05) is 30.4 Å². The second-order valence-corrected chi connectivity index (χ2v) is 2.46. The zero-order valence-corrected chi connectivity index (χ0v) is 5.85. The molecule has 0 aliphatic heterocycles. The molecular weight excluding hydrogens is 108 g/mol. The van der Waals surface area contributed by atoms with Crippen molar-refractivity contribution >= 4 is 0 Å². The fourth-order valence-electron chi connectivity index (χ4n) is 0.928. The average molecular weight is 122 g/mol. The molecule has 1 aliphatic rings. The van der Waals surface area contributed by atoms with Crippen molar-refractivity contribution in [2.24, 2.45) is 0 Å². The molecular formula is C9H14.